The lowest BCUT2D eigenvalue weighted by molar-refractivity contribution is -0.115. The van der Waals surface area contributed by atoms with Gasteiger partial charge in [-0.05, 0) is 36.0 Å². The number of carbonyl (C=O) groups excluding carboxylic acids is 1. The summed E-state index contributed by atoms with van der Waals surface area (Å²) in [4.78, 5) is 15.4. The third-order valence-corrected chi connectivity index (χ3v) is 4.94. The Morgan fingerprint density at radius 2 is 1.80 bits per heavy atom. The number of aromatic amines is 1. The van der Waals surface area contributed by atoms with Crippen molar-refractivity contribution in [3.63, 3.8) is 0 Å². The number of nitrogens with one attached hydrogen (secondary N) is 2. The van der Waals surface area contributed by atoms with Gasteiger partial charge in [0.2, 0.25) is 0 Å². The number of para-hydroxylation sites is 1. The van der Waals surface area contributed by atoms with Crippen molar-refractivity contribution >= 4 is 16.7 Å². The van der Waals surface area contributed by atoms with Crippen LogP contribution in [0.15, 0.2) is 72.6 Å². The molecule has 0 fully saturated rings. The lowest BCUT2D eigenvalue weighted by atomic mass is 9.85. The van der Waals surface area contributed by atoms with Crippen LogP contribution in [0.1, 0.15) is 29.9 Å². The maximum absolute atomic E-state index is 12.1. The monoisotopic (exact) mass is 330 g/mol. The Morgan fingerprint density at radius 1 is 1.00 bits per heavy atom. The maximum atomic E-state index is 12.1. The van der Waals surface area contributed by atoms with E-state index in [9.17, 15) is 4.79 Å². The van der Waals surface area contributed by atoms with Crippen molar-refractivity contribution in [2.45, 2.75) is 25.2 Å². The van der Waals surface area contributed by atoms with Crippen molar-refractivity contribution in [3.8, 4) is 0 Å². The summed E-state index contributed by atoms with van der Waals surface area (Å²) in [7, 11) is 0. The molecule has 1 aliphatic carbocycles. The van der Waals surface area contributed by atoms with Crippen LogP contribution in [0.25, 0.3) is 10.9 Å². The quantitative estimate of drug-likeness (QED) is 0.731. The Labute approximate surface area is 147 Å². The molecular formula is C22H22N2O. The van der Waals surface area contributed by atoms with Gasteiger partial charge in [0.05, 0.1) is 0 Å². The van der Waals surface area contributed by atoms with E-state index in [-0.39, 0.29) is 11.7 Å². The minimum atomic E-state index is 0.217. The average molecular weight is 330 g/mol. The summed E-state index contributed by atoms with van der Waals surface area (Å²) in [6.07, 6.45) is 6.32. The number of hydrogen-bond acceptors (Lipinski definition) is 2. The summed E-state index contributed by atoms with van der Waals surface area (Å²) in [6, 6.07) is 18.7. The van der Waals surface area contributed by atoms with E-state index in [0.29, 0.717) is 6.42 Å². The van der Waals surface area contributed by atoms with Crippen LogP contribution in [0.4, 0.5) is 0 Å². The van der Waals surface area contributed by atoms with E-state index >= 15 is 0 Å². The molecule has 3 aromatic rings. The standard InChI is InChI=1S/C22H22N2O/c25-20-13-18(16-6-2-1-3-7-16)12-19(14-20)23-11-10-17-15-24-22-9-5-4-8-21(17)22/h1-9,14-15,18,23-24H,10-13H2/t18-/m0/s1. The fraction of sp³-hybridized carbons (Fsp3) is 0.227. The lowest BCUT2D eigenvalue weighted by Crippen LogP contribution is -2.23. The van der Waals surface area contributed by atoms with Gasteiger partial charge in [-0.25, -0.2) is 0 Å². The van der Waals surface area contributed by atoms with Gasteiger partial charge in [0, 0.05) is 41.8 Å². The lowest BCUT2D eigenvalue weighted by Gasteiger charge is -2.23. The van der Waals surface area contributed by atoms with Crippen molar-refractivity contribution in [1.29, 1.82) is 0 Å². The predicted octanol–water partition coefficient (Wildman–Crippen LogP) is 4.33. The minimum absolute atomic E-state index is 0.217. The highest BCUT2D eigenvalue weighted by Gasteiger charge is 2.21. The molecule has 2 aromatic carbocycles. The van der Waals surface area contributed by atoms with Gasteiger partial charge >= 0.3 is 0 Å². The number of aromatic nitrogens is 1. The maximum Gasteiger partial charge on any atom is 0.158 e. The molecule has 3 heteroatoms. The fourth-order valence-electron chi connectivity index (χ4n) is 3.67. The van der Waals surface area contributed by atoms with Crippen molar-refractivity contribution in [2.24, 2.45) is 0 Å². The van der Waals surface area contributed by atoms with Gasteiger partial charge in [0.25, 0.3) is 0 Å². The molecule has 25 heavy (non-hydrogen) atoms. The molecule has 2 N–H and O–H groups in total. The molecule has 0 radical (unpaired) electrons. The highest BCUT2D eigenvalue weighted by Crippen LogP contribution is 2.30. The molecular weight excluding hydrogens is 308 g/mol. The van der Waals surface area contributed by atoms with E-state index in [1.54, 1.807) is 6.08 Å². The topological polar surface area (TPSA) is 44.9 Å². The number of hydrogen-bond donors (Lipinski definition) is 2. The number of H-pyrrole nitrogens is 1. The van der Waals surface area contributed by atoms with Crippen LogP contribution in [0.3, 0.4) is 0 Å². The fourth-order valence-corrected chi connectivity index (χ4v) is 3.67. The first-order chi connectivity index (χ1) is 12.3. The van der Waals surface area contributed by atoms with Crippen molar-refractivity contribution < 1.29 is 4.79 Å². The van der Waals surface area contributed by atoms with E-state index < -0.39 is 0 Å². The molecule has 0 amide bonds. The van der Waals surface area contributed by atoms with Gasteiger partial charge in [-0.15, -0.1) is 0 Å². The molecule has 4 rings (SSSR count). The molecule has 1 aromatic heterocycles. The molecule has 1 atom stereocenters. The second-order valence-electron chi connectivity index (χ2n) is 6.69. The molecule has 126 valence electrons. The third-order valence-electron chi connectivity index (χ3n) is 4.94. The Kier molecular flexibility index (Phi) is 4.38. The van der Waals surface area contributed by atoms with Gasteiger partial charge in [-0.3, -0.25) is 4.79 Å². The summed E-state index contributed by atoms with van der Waals surface area (Å²) < 4.78 is 0. The van der Waals surface area contributed by atoms with Crippen molar-refractivity contribution in [1.82, 2.24) is 10.3 Å². The van der Waals surface area contributed by atoms with E-state index in [2.05, 4.69) is 46.8 Å². The predicted molar refractivity (Wildman–Crippen MR) is 102 cm³/mol. The number of fused-ring (bicyclic) bond motifs is 1. The van der Waals surface area contributed by atoms with Gasteiger partial charge < -0.3 is 10.3 Å². The van der Waals surface area contributed by atoms with Crippen LogP contribution in [-0.4, -0.2) is 17.3 Å². The smallest absolute Gasteiger partial charge is 0.158 e. The molecule has 1 aliphatic rings. The van der Waals surface area contributed by atoms with Crippen LogP contribution < -0.4 is 5.32 Å². The van der Waals surface area contributed by atoms with E-state index in [1.165, 1.54) is 22.0 Å². The first-order valence-corrected chi connectivity index (χ1v) is 8.87. The summed E-state index contributed by atoms with van der Waals surface area (Å²) in [5, 5.41) is 4.76. The van der Waals surface area contributed by atoms with Crippen LogP contribution >= 0.6 is 0 Å². The first kappa shape index (κ1) is 15.7. The highest BCUT2D eigenvalue weighted by molar-refractivity contribution is 5.92. The highest BCUT2D eigenvalue weighted by atomic mass is 16.1. The molecule has 0 saturated carbocycles. The van der Waals surface area contributed by atoms with E-state index in [4.69, 9.17) is 0 Å². The van der Waals surface area contributed by atoms with Crippen molar-refractivity contribution in [3.05, 3.63) is 83.7 Å². The second-order valence-corrected chi connectivity index (χ2v) is 6.69. The number of rotatable bonds is 5. The summed E-state index contributed by atoms with van der Waals surface area (Å²) in [6.45, 7) is 0.836. The van der Waals surface area contributed by atoms with E-state index in [1.807, 2.05) is 24.3 Å². The summed E-state index contributed by atoms with van der Waals surface area (Å²) >= 11 is 0. The molecule has 0 aliphatic heterocycles. The van der Waals surface area contributed by atoms with Crippen LogP contribution in [0.5, 0.6) is 0 Å². The number of allylic oxidation sites excluding steroid dienone is 2. The molecule has 1 heterocycles. The minimum Gasteiger partial charge on any atom is -0.388 e. The van der Waals surface area contributed by atoms with Gasteiger partial charge in [-0.2, -0.15) is 0 Å². The average Bonchev–Trinajstić information content (AvgIpc) is 3.05. The number of benzene rings is 2. The zero-order valence-corrected chi connectivity index (χ0v) is 14.2. The van der Waals surface area contributed by atoms with Crippen LogP contribution in [0, 0.1) is 0 Å². The van der Waals surface area contributed by atoms with E-state index in [0.717, 1.165) is 25.1 Å². The molecule has 0 saturated heterocycles. The van der Waals surface area contributed by atoms with Crippen LogP contribution in [-0.2, 0) is 11.2 Å². The number of carbonyl (C=O) groups is 1. The zero-order chi connectivity index (χ0) is 17.1. The van der Waals surface area contributed by atoms with Gasteiger partial charge in [-0.1, -0.05) is 48.5 Å². The first-order valence-electron chi connectivity index (χ1n) is 8.87. The summed E-state index contributed by atoms with van der Waals surface area (Å²) in [5.41, 5.74) is 4.80. The molecule has 0 bridgehead atoms. The Hall–Kier alpha value is -2.81. The summed E-state index contributed by atoms with van der Waals surface area (Å²) in [5.74, 6) is 0.504. The zero-order valence-electron chi connectivity index (χ0n) is 14.2. The SMILES string of the molecule is O=C1C=C(NCCc2c[nH]c3ccccc23)C[C@H](c2ccccc2)C1. The number of ketones is 1. The second kappa shape index (κ2) is 6.98. The Balaban J connectivity index is 1.40. The largest absolute Gasteiger partial charge is 0.388 e. The third kappa shape index (κ3) is 3.50. The van der Waals surface area contributed by atoms with Crippen molar-refractivity contribution in [2.75, 3.05) is 6.54 Å². The molecule has 0 unspecified atom stereocenters. The normalized spacial score (nSPS) is 17.5. The van der Waals surface area contributed by atoms with Gasteiger partial charge in [0.15, 0.2) is 5.78 Å². The van der Waals surface area contributed by atoms with Gasteiger partial charge in [0.1, 0.15) is 0 Å². The Bertz CT molecular complexity index is 908. The molecule has 0 spiro atoms. The van der Waals surface area contributed by atoms with Crippen LogP contribution in [0.2, 0.25) is 0 Å². The Morgan fingerprint density at radius 3 is 2.68 bits per heavy atom. The molecule has 3 nitrogen and oxygen atoms in total.